The molecular formula is C6H5N5+2. The predicted octanol–water partition coefficient (Wildman–Crippen LogP) is 2.35. The number of hydrogen-bond acceptors (Lipinski definition) is 3. The highest BCUT2D eigenvalue weighted by Crippen LogP contribution is 2.17. The number of hydrogen-bond donors (Lipinski definition) is 1. The van der Waals surface area contributed by atoms with E-state index in [9.17, 15) is 0 Å². The Hall–Kier alpha value is -2.05. The zero-order chi connectivity index (χ0) is 8.10. The van der Waals surface area contributed by atoms with Gasteiger partial charge in [-0.3, -0.25) is 0 Å². The first-order valence-corrected chi connectivity index (χ1v) is 2.89. The second-order valence-corrected chi connectivity index (χ2v) is 1.82. The Morgan fingerprint density at radius 1 is 1.27 bits per heavy atom. The van der Waals surface area contributed by atoms with E-state index in [1.165, 1.54) is 0 Å². The molecule has 5 heteroatoms. The molecule has 0 heterocycles. The fraction of sp³-hybridized carbons (Fsp3) is 0. The summed E-state index contributed by atoms with van der Waals surface area (Å²) in [5, 5.41) is 11.7. The predicted molar refractivity (Wildman–Crippen MR) is 38.1 cm³/mol. The Balaban J connectivity index is 3.02. The normalized spacial score (nSPS) is 7.91. The zero-order valence-corrected chi connectivity index (χ0v) is 5.60. The Bertz CT molecular complexity index is 327. The standard InChI is InChI=1S/C6H5N5/c7-9-5-1-3-6(4-2-5)10-11-8/h1-4,8H/q+2. The number of diazo groups is 1. The summed E-state index contributed by atoms with van der Waals surface area (Å²) in [7, 11) is 0. The van der Waals surface area contributed by atoms with Crippen molar-refractivity contribution in [3.63, 3.8) is 0 Å². The molecular weight excluding hydrogens is 142 g/mol. The molecule has 0 amide bonds. The molecule has 0 aliphatic heterocycles. The van der Waals surface area contributed by atoms with Crippen molar-refractivity contribution in [2.24, 2.45) is 5.11 Å². The summed E-state index contributed by atoms with van der Waals surface area (Å²) in [6.45, 7) is 0. The summed E-state index contributed by atoms with van der Waals surface area (Å²) in [6, 6.07) is 6.36. The first-order chi connectivity index (χ1) is 5.36. The van der Waals surface area contributed by atoms with Gasteiger partial charge in [-0.1, -0.05) is 0 Å². The summed E-state index contributed by atoms with van der Waals surface area (Å²) in [6.07, 6.45) is 0. The summed E-state index contributed by atoms with van der Waals surface area (Å²) < 4.78 is 0. The second-order valence-electron chi connectivity index (χ2n) is 1.82. The smallest absolute Gasteiger partial charge is 0.0210 e. The molecule has 0 saturated heterocycles. The van der Waals surface area contributed by atoms with Crippen LogP contribution in [0.2, 0.25) is 0 Å². The fourth-order valence-electron chi connectivity index (χ4n) is 0.644. The van der Waals surface area contributed by atoms with Crippen LogP contribution in [-0.4, -0.2) is 0 Å². The average molecular weight is 147 g/mol. The van der Waals surface area contributed by atoms with Crippen molar-refractivity contribution in [1.29, 1.82) is 10.9 Å². The first-order valence-electron chi connectivity index (χ1n) is 2.89. The summed E-state index contributed by atoms with van der Waals surface area (Å²) in [5.74, 6) is 0. The lowest BCUT2D eigenvalue weighted by molar-refractivity contribution is 0.992. The van der Waals surface area contributed by atoms with E-state index in [4.69, 9.17) is 10.9 Å². The molecule has 0 spiro atoms. The van der Waals surface area contributed by atoms with Gasteiger partial charge in [-0.05, 0) is 12.1 Å². The Kier molecular flexibility index (Phi) is 2.06. The van der Waals surface area contributed by atoms with E-state index >= 15 is 0 Å². The number of rotatable bonds is 1. The highest BCUT2D eigenvalue weighted by molar-refractivity contribution is 5.50. The number of nitrogens with one attached hydrogen (secondary N) is 1. The molecule has 0 aromatic heterocycles. The van der Waals surface area contributed by atoms with Gasteiger partial charge in [0.15, 0.2) is 15.8 Å². The summed E-state index contributed by atoms with van der Waals surface area (Å²) in [4.78, 5) is 5.80. The maximum absolute atomic E-state index is 8.29. The lowest BCUT2D eigenvalue weighted by Gasteiger charge is -1.76. The molecule has 0 aliphatic carbocycles. The maximum Gasteiger partial charge on any atom is 0.385 e. The molecule has 1 N–H and O–H groups in total. The molecule has 1 aromatic rings. The third kappa shape index (κ3) is 1.68. The van der Waals surface area contributed by atoms with Crippen LogP contribution in [0.1, 0.15) is 0 Å². The van der Waals surface area contributed by atoms with Crippen LogP contribution >= 0.6 is 0 Å². The van der Waals surface area contributed by atoms with Gasteiger partial charge < -0.3 is 0 Å². The van der Waals surface area contributed by atoms with E-state index in [1.54, 1.807) is 24.3 Å². The Labute approximate surface area is 62.5 Å². The third-order valence-corrected chi connectivity index (χ3v) is 1.13. The van der Waals surface area contributed by atoms with Gasteiger partial charge in [0, 0.05) is 12.1 Å². The molecule has 0 fully saturated rings. The molecule has 0 unspecified atom stereocenters. The molecule has 0 saturated carbocycles. The van der Waals surface area contributed by atoms with Gasteiger partial charge in [-0.2, -0.15) is 0 Å². The minimum Gasteiger partial charge on any atom is -0.0210 e. The van der Waals surface area contributed by atoms with Gasteiger partial charge in [0.25, 0.3) is 0 Å². The van der Waals surface area contributed by atoms with Gasteiger partial charge in [0.1, 0.15) is 5.53 Å². The molecule has 0 bridgehead atoms. The minimum absolute atomic E-state index is 0.453. The quantitative estimate of drug-likeness (QED) is 0.369. The lowest BCUT2D eigenvalue weighted by atomic mass is 10.3. The first kappa shape index (κ1) is 7.06. The van der Waals surface area contributed by atoms with E-state index in [2.05, 4.69) is 15.0 Å². The van der Waals surface area contributed by atoms with Crippen molar-refractivity contribution >= 4 is 11.4 Å². The highest BCUT2D eigenvalue weighted by atomic mass is 15.1. The van der Waals surface area contributed by atoms with Crippen LogP contribution in [0.5, 0.6) is 0 Å². The van der Waals surface area contributed by atoms with Crippen LogP contribution in [0.25, 0.3) is 4.98 Å². The van der Waals surface area contributed by atoms with E-state index < -0.39 is 0 Å². The molecule has 11 heavy (non-hydrogen) atoms. The molecule has 1 rings (SSSR count). The van der Waals surface area contributed by atoms with Gasteiger partial charge in [0.2, 0.25) is 10.3 Å². The van der Waals surface area contributed by atoms with Crippen LogP contribution in [0.4, 0.5) is 11.4 Å². The largest absolute Gasteiger partial charge is 0.385 e. The van der Waals surface area contributed by atoms with E-state index in [0.717, 1.165) is 0 Å². The van der Waals surface area contributed by atoms with Crippen LogP contribution in [0, 0.1) is 10.9 Å². The number of nitrogens with zero attached hydrogens (tertiary/aromatic N) is 4. The van der Waals surface area contributed by atoms with E-state index in [-0.39, 0.29) is 0 Å². The molecule has 0 radical (unpaired) electrons. The molecule has 0 aliphatic rings. The van der Waals surface area contributed by atoms with Crippen molar-refractivity contribution in [2.75, 3.05) is 0 Å². The Morgan fingerprint density at radius 2 is 1.91 bits per heavy atom. The molecule has 0 atom stereocenters. The van der Waals surface area contributed by atoms with Crippen LogP contribution in [0.3, 0.4) is 0 Å². The summed E-state index contributed by atoms with van der Waals surface area (Å²) >= 11 is 0. The third-order valence-electron chi connectivity index (χ3n) is 1.13. The van der Waals surface area contributed by atoms with Gasteiger partial charge in [0.05, 0.1) is 0 Å². The minimum atomic E-state index is 0.453. The van der Waals surface area contributed by atoms with Crippen molar-refractivity contribution in [3.8, 4) is 0 Å². The Morgan fingerprint density at radius 3 is 2.36 bits per heavy atom. The average Bonchev–Trinajstić information content (AvgIpc) is 2.07. The molecule has 5 nitrogen and oxygen atoms in total. The van der Waals surface area contributed by atoms with Crippen LogP contribution < -0.4 is 4.91 Å². The lowest BCUT2D eigenvalue weighted by Crippen LogP contribution is -1.63. The van der Waals surface area contributed by atoms with Crippen molar-refractivity contribution < 1.29 is 0 Å². The SMILES string of the molecule is N#[N+]c1ccc(N=[N+]=N)cc1. The number of benzene rings is 1. The highest BCUT2D eigenvalue weighted by Gasteiger charge is 2.03. The zero-order valence-electron chi connectivity index (χ0n) is 5.60. The van der Waals surface area contributed by atoms with E-state index in [1.807, 2.05) is 0 Å². The van der Waals surface area contributed by atoms with Gasteiger partial charge in [-0.15, -0.1) is 0 Å². The molecule has 1 aromatic carbocycles. The van der Waals surface area contributed by atoms with Crippen LogP contribution in [0.15, 0.2) is 29.4 Å². The topological polar surface area (TPSA) is 78.5 Å². The van der Waals surface area contributed by atoms with Crippen molar-refractivity contribution in [2.45, 2.75) is 0 Å². The second kappa shape index (κ2) is 3.20. The maximum atomic E-state index is 8.29. The van der Waals surface area contributed by atoms with Gasteiger partial charge >= 0.3 is 5.69 Å². The molecule has 52 valence electrons. The monoisotopic (exact) mass is 147 g/mol. The van der Waals surface area contributed by atoms with Crippen molar-refractivity contribution in [3.05, 3.63) is 29.2 Å². The van der Waals surface area contributed by atoms with Gasteiger partial charge in [-0.25, -0.2) is 0 Å². The van der Waals surface area contributed by atoms with E-state index in [0.29, 0.717) is 11.4 Å². The fourth-order valence-corrected chi connectivity index (χ4v) is 0.644. The van der Waals surface area contributed by atoms with Crippen LogP contribution in [-0.2, 0) is 0 Å². The summed E-state index contributed by atoms with van der Waals surface area (Å²) in [5.41, 5.74) is 7.44. The van der Waals surface area contributed by atoms with Crippen molar-refractivity contribution in [1.82, 2.24) is 4.91 Å².